The smallest absolute Gasteiger partial charge is 0.341 e. The standard InChI is InChI=1S/C32H28F2O6S/c1-17-28(40-31(38)32-14-18-11-19(15-32)27(35)20(12-18)16-32)26(39-2)13-25(30(36)37)29(17)41(23-7-3-21(33)4-8-23)24-9-5-22(34)6-10-24/h3-10,13,18-20H,11-12,14-16H2,1-2H3/p+1. The molecule has 0 amide bonds. The summed E-state index contributed by atoms with van der Waals surface area (Å²) in [6, 6.07) is 12.7. The molecule has 1 N–H and O–H groups in total. The van der Waals surface area contributed by atoms with Crippen LogP contribution >= 0.6 is 0 Å². The molecule has 212 valence electrons. The molecule has 0 saturated heterocycles. The SMILES string of the molecule is COc1cc(C(=O)O)c([S+](c2ccc(F)cc2)c2ccc(F)cc2)c(C)c1OC(=O)C12CC3CC(C1)C(=O)C(C3)C2. The third kappa shape index (κ3) is 4.70. The first kappa shape index (κ1) is 27.4. The molecule has 4 saturated carbocycles. The van der Waals surface area contributed by atoms with Crippen LogP contribution in [0.5, 0.6) is 11.5 Å². The van der Waals surface area contributed by atoms with Crippen LogP contribution in [0, 0.1) is 41.7 Å². The number of methoxy groups -OCH3 is 1. The number of ether oxygens (including phenoxy) is 2. The second kappa shape index (κ2) is 10.3. The Bertz CT molecular complexity index is 1490. The lowest BCUT2D eigenvalue weighted by Gasteiger charge is -2.53. The summed E-state index contributed by atoms with van der Waals surface area (Å²) in [4.78, 5) is 40.8. The Morgan fingerprint density at radius 1 is 0.927 bits per heavy atom. The van der Waals surface area contributed by atoms with E-state index in [1.165, 1.54) is 37.4 Å². The van der Waals surface area contributed by atoms with Crippen LogP contribution in [0.2, 0.25) is 0 Å². The van der Waals surface area contributed by atoms with Crippen LogP contribution in [-0.4, -0.2) is 29.9 Å². The number of Topliss-reactive ketones (excluding diaryl/α,β-unsaturated/α-hetero) is 1. The Hall–Kier alpha value is -3.72. The minimum Gasteiger partial charge on any atom is -0.493 e. The van der Waals surface area contributed by atoms with Gasteiger partial charge < -0.3 is 14.6 Å². The predicted octanol–water partition coefficient (Wildman–Crippen LogP) is 6.38. The van der Waals surface area contributed by atoms with Crippen molar-refractivity contribution in [2.75, 3.05) is 7.11 Å². The molecule has 4 aliphatic carbocycles. The molecule has 0 aliphatic heterocycles. The van der Waals surface area contributed by atoms with Gasteiger partial charge in [0.2, 0.25) is 0 Å². The Kier molecular flexibility index (Phi) is 6.88. The van der Waals surface area contributed by atoms with E-state index in [9.17, 15) is 28.3 Å². The molecule has 7 rings (SSSR count). The van der Waals surface area contributed by atoms with Crippen molar-refractivity contribution in [3.63, 3.8) is 0 Å². The second-order valence-electron chi connectivity index (χ2n) is 11.3. The van der Waals surface area contributed by atoms with E-state index < -0.39 is 39.9 Å². The number of halogens is 2. The molecule has 0 aromatic heterocycles. The van der Waals surface area contributed by atoms with Crippen molar-refractivity contribution >= 4 is 28.6 Å². The van der Waals surface area contributed by atoms with Gasteiger partial charge in [-0.25, -0.2) is 13.6 Å². The highest BCUT2D eigenvalue weighted by Crippen LogP contribution is 2.59. The van der Waals surface area contributed by atoms with E-state index >= 15 is 0 Å². The number of hydrogen-bond donors (Lipinski definition) is 1. The van der Waals surface area contributed by atoms with Gasteiger partial charge in [-0.2, -0.15) is 0 Å². The van der Waals surface area contributed by atoms with E-state index in [4.69, 9.17) is 9.47 Å². The van der Waals surface area contributed by atoms with Crippen molar-refractivity contribution in [1.29, 1.82) is 0 Å². The number of aromatic carboxylic acids is 1. The highest BCUT2D eigenvalue weighted by Gasteiger charge is 2.59. The summed E-state index contributed by atoms with van der Waals surface area (Å²) in [6.07, 6.45) is 3.25. The maximum absolute atomic E-state index is 13.9. The van der Waals surface area contributed by atoms with Crippen LogP contribution < -0.4 is 9.47 Å². The number of rotatable bonds is 7. The maximum Gasteiger partial charge on any atom is 0.341 e. The minimum atomic E-state index is -1.22. The fourth-order valence-corrected chi connectivity index (χ4v) is 9.49. The largest absolute Gasteiger partial charge is 0.493 e. The lowest BCUT2D eigenvalue weighted by molar-refractivity contribution is -0.167. The van der Waals surface area contributed by atoms with Gasteiger partial charge in [0.15, 0.2) is 26.2 Å². The van der Waals surface area contributed by atoms with E-state index in [-0.39, 0.29) is 34.7 Å². The van der Waals surface area contributed by atoms with Gasteiger partial charge in [-0.05, 0) is 93.5 Å². The van der Waals surface area contributed by atoms with Crippen molar-refractivity contribution in [3.8, 4) is 11.5 Å². The van der Waals surface area contributed by atoms with Gasteiger partial charge in [0, 0.05) is 17.9 Å². The van der Waals surface area contributed by atoms with Crippen molar-refractivity contribution < 1.29 is 37.7 Å². The topological polar surface area (TPSA) is 89.9 Å². The molecular formula is C32H29F2O6S+. The molecule has 2 unspecified atom stereocenters. The van der Waals surface area contributed by atoms with Crippen molar-refractivity contribution in [2.45, 2.75) is 53.7 Å². The van der Waals surface area contributed by atoms with Gasteiger partial charge in [-0.1, -0.05) is 0 Å². The molecule has 4 bridgehead atoms. The first-order valence-electron chi connectivity index (χ1n) is 13.6. The molecule has 6 nitrogen and oxygen atoms in total. The molecule has 3 aromatic rings. The minimum absolute atomic E-state index is 0.0727. The Labute approximate surface area is 239 Å². The monoisotopic (exact) mass is 579 g/mol. The molecule has 4 fully saturated rings. The van der Waals surface area contributed by atoms with Crippen LogP contribution in [0.3, 0.4) is 0 Å². The molecule has 41 heavy (non-hydrogen) atoms. The number of hydrogen-bond acceptors (Lipinski definition) is 5. The van der Waals surface area contributed by atoms with E-state index in [0.717, 1.165) is 12.8 Å². The molecule has 2 atom stereocenters. The van der Waals surface area contributed by atoms with Gasteiger partial charge >= 0.3 is 11.9 Å². The quantitative estimate of drug-likeness (QED) is 0.199. The van der Waals surface area contributed by atoms with Crippen LogP contribution in [0.1, 0.15) is 48.0 Å². The van der Waals surface area contributed by atoms with Gasteiger partial charge in [-0.15, -0.1) is 0 Å². The van der Waals surface area contributed by atoms with Gasteiger partial charge in [-0.3, -0.25) is 9.59 Å². The summed E-state index contributed by atoms with van der Waals surface area (Å²) >= 11 is 0. The Morgan fingerprint density at radius 2 is 1.46 bits per heavy atom. The molecular weight excluding hydrogens is 550 g/mol. The number of ketones is 1. The molecule has 0 spiro atoms. The molecule has 4 aliphatic rings. The number of carbonyl (C=O) groups excluding carboxylic acids is 2. The highest BCUT2D eigenvalue weighted by atomic mass is 32.2. The first-order valence-corrected chi connectivity index (χ1v) is 14.8. The third-order valence-electron chi connectivity index (χ3n) is 8.80. The first-order chi connectivity index (χ1) is 19.6. The van der Waals surface area contributed by atoms with E-state index in [1.54, 1.807) is 31.2 Å². The van der Waals surface area contributed by atoms with Gasteiger partial charge in [0.25, 0.3) is 0 Å². The summed E-state index contributed by atoms with van der Waals surface area (Å²) in [5.41, 5.74) is -0.451. The van der Waals surface area contributed by atoms with Gasteiger partial charge in [0.1, 0.15) is 33.9 Å². The summed E-state index contributed by atoms with van der Waals surface area (Å²) in [6.45, 7) is 1.67. The normalized spacial score (nSPS) is 24.5. The number of carboxylic acids is 1. The van der Waals surface area contributed by atoms with Crippen molar-refractivity contribution in [1.82, 2.24) is 0 Å². The van der Waals surface area contributed by atoms with Crippen LogP contribution in [0.15, 0.2) is 69.3 Å². The summed E-state index contributed by atoms with van der Waals surface area (Å²) in [7, 11) is 0.245. The lowest BCUT2D eigenvalue weighted by Crippen LogP contribution is -2.55. The molecule has 0 heterocycles. The van der Waals surface area contributed by atoms with Crippen molar-refractivity contribution in [2.24, 2.45) is 23.2 Å². The summed E-state index contributed by atoms with van der Waals surface area (Å²) in [5.74, 6) is -2.02. The van der Waals surface area contributed by atoms with Gasteiger partial charge in [0.05, 0.1) is 18.1 Å². The van der Waals surface area contributed by atoms with E-state index in [1.807, 2.05) is 0 Å². The lowest BCUT2D eigenvalue weighted by atomic mass is 9.49. The zero-order valence-corrected chi connectivity index (χ0v) is 23.4. The molecule has 9 heteroatoms. The second-order valence-corrected chi connectivity index (χ2v) is 13.3. The number of esters is 1. The maximum atomic E-state index is 13.9. The molecule has 0 radical (unpaired) electrons. The number of carbonyl (C=O) groups is 3. The van der Waals surface area contributed by atoms with E-state index in [2.05, 4.69) is 0 Å². The average molecular weight is 580 g/mol. The average Bonchev–Trinajstić information content (AvgIpc) is 2.94. The Morgan fingerprint density at radius 3 is 1.95 bits per heavy atom. The van der Waals surface area contributed by atoms with Crippen molar-refractivity contribution in [3.05, 3.63) is 77.4 Å². The third-order valence-corrected chi connectivity index (χ3v) is 11.2. The fourth-order valence-electron chi connectivity index (χ4n) is 7.16. The van der Waals surface area contributed by atoms with Crippen LogP contribution in [-0.2, 0) is 20.5 Å². The van der Waals surface area contributed by atoms with Crippen LogP contribution in [0.4, 0.5) is 8.78 Å². The summed E-state index contributed by atoms with van der Waals surface area (Å²) < 4.78 is 39.5. The zero-order valence-electron chi connectivity index (χ0n) is 22.6. The highest BCUT2D eigenvalue weighted by molar-refractivity contribution is 7.97. The Balaban J connectivity index is 1.48. The number of benzene rings is 3. The summed E-state index contributed by atoms with van der Waals surface area (Å²) in [5, 5.41) is 10.3. The molecule has 3 aromatic carbocycles. The number of carboxylic acid groups (broad SMARTS) is 1. The van der Waals surface area contributed by atoms with Crippen LogP contribution in [0.25, 0.3) is 0 Å². The van der Waals surface area contributed by atoms with E-state index in [0.29, 0.717) is 45.4 Å². The predicted molar refractivity (Wildman–Crippen MR) is 146 cm³/mol. The fraction of sp³-hybridized carbons (Fsp3) is 0.344. The zero-order chi connectivity index (χ0) is 29.1.